The van der Waals surface area contributed by atoms with Gasteiger partial charge in [-0.25, -0.2) is 4.90 Å². The molecule has 1 aliphatic rings. The Labute approximate surface area is 140 Å². The van der Waals surface area contributed by atoms with Gasteiger partial charge in [-0.1, -0.05) is 41.9 Å². The normalized spacial score (nSPS) is 17.8. The minimum atomic E-state index is -0.324. The van der Waals surface area contributed by atoms with Crippen LogP contribution in [0.2, 0.25) is 5.02 Å². The maximum absolute atomic E-state index is 12.5. The van der Waals surface area contributed by atoms with E-state index in [-0.39, 0.29) is 24.3 Å². The first-order valence-corrected chi connectivity index (χ1v) is 8.02. The van der Waals surface area contributed by atoms with E-state index in [1.165, 1.54) is 10.5 Å². The molecule has 0 saturated carbocycles. The smallest absolute Gasteiger partial charge is 0.292 e. The number of rotatable bonds is 5. The highest BCUT2D eigenvalue weighted by atomic mass is 35.5. The summed E-state index contributed by atoms with van der Waals surface area (Å²) < 4.78 is 0. The van der Waals surface area contributed by atoms with Crippen molar-refractivity contribution in [2.45, 2.75) is 18.9 Å². The van der Waals surface area contributed by atoms with Crippen LogP contribution in [0.25, 0.3) is 0 Å². The summed E-state index contributed by atoms with van der Waals surface area (Å²) >= 11 is 5.86. The molecule has 0 aliphatic carbocycles. The lowest BCUT2D eigenvalue weighted by Crippen LogP contribution is -2.92. The Bertz CT molecular complexity index is 701. The van der Waals surface area contributed by atoms with Crippen molar-refractivity contribution < 1.29 is 14.9 Å². The molecule has 1 fully saturated rings. The van der Waals surface area contributed by atoms with Gasteiger partial charge in [0.05, 0.1) is 18.7 Å². The largest absolute Gasteiger partial charge is 0.335 e. The van der Waals surface area contributed by atoms with Gasteiger partial charge in [-0.15, -0.1) is 0 Å². The van der Waals surface area contributed by atoms with E-state index < -0.39 is 0 Å². The first-order chi connectivity index (χ1) is 11.1. The third-order valence-electron chi connectivity index (χ3n) is 3.99. The third kappa shape index (κ3) is 3.60. The number of imide groups is 1. The Kier molecular flexibility index (Phi) is 4.74. The molecule has 23 heavy (non-hydrogen) atoms. The molecular weight excluding hydrogens is 312 g/mol. The molecule has 2 aromatic carbocycles. The number of carbonyl (C=O) groups excluding carboxylic acids is 2. The topological polar surface area (TPSA) is 54.0 Å². The number of carbonyl (C=O) groups is 2. The summed E-state index contributed by atoms with van der Waals surface area (Å²) in [4.78, 5) is 25.9. The molecule has 2 amide bonds. The van der Waals surface area contributed by atoms with E-state index in [0.29, 0.717) is 10.7 Å². The highest BCUT2D eigenvalue weighted by Gasteiger charge is 2.41. The highest BCUT2D eigenvalue weighted by molar-refractivity contribution is 6.30. The molecule has 0 spiro atoms. The Morgan fingerprint density at radius 3 is 2.43 bits per heavy atom. The van der Waals surface area contributed by atoms with Crippen molar-refractivity contribution in [1.82, 2.24) is 0 Å². The zero-order valence-corrected chi connectivity index (χ0v) is 13.4. The number of benzene rings is 2. The molecule has 4 nitrogen and oxygen atoms in total. The lowest BCUT2D eigenvalue weighted by Gasteiger charge is -2.13. The van der Waals surface area contributed by atoms with Gasteiger partial charge in [-0.05, 0) is 29.8 Å². The van der Waals surface area contributed by atoms with E-state index in [9.17, 15) is 9.59 Å². The van der Waals surface area contributed by atoms with Crippen LogP contribution in [-0.4, -0.2) is 24.4 Å². The SMILES string of the molecule is O=C1CC([NH2+]CCc2ccc(Cl)cc2)C(=O)N1c1ccccc1. The number of halogens is 1. The predicted molar refractivity (Wildman–Crippen MR) is 89.3 cm³/mol. The number of hydrogen-bond acceptors (Lipinski definition) is 2. The van der Waals surface area contributed by atoms with Crippen molar-refractivity contribution in [2.75, 3.05) is 11.4 Å². The Morgan fingerprint density at radius 2 is 1.74 bits per heavy atom. The minimum absolute atomic E-state index is 0.127. The average Bonchev–Trinajstić information content (AvgIpc) is 2.84. The Hall–Kier alpha value is -2.17. The molecule has 2 aromatic rings. The molecule has 1 saturated heterocycles. The summed E-state index contributed by atoms with van der Waals surface area (Å²) in [5.74, 6) is -0.258. The van der Waals surface area contributed by atoms with Crippen LogP contribution in [0.15, 0.2) is 54.6 Å². The second kappa shape index (κ2) is 6.94. The van der Waals surface area contributed by atoms with Gasteiger partial charge >= 0.3 is 0 Å². The summed E-state index contributed by atoms with van der Waals surface area (Å²) in [7, 11) is 0. The van der Waals surface area contributed by atoms with Gasteiger partial charge < -0.3 is 5.32 Å². The second-order valence-electron chi connectivity index (χ2n) is 5.61. The summed E-state index contributed by atoms with van der Waals surface area (Å²) in [6.45, 7) is 0.758. The molecular formula is C18H18ClN2O2+. The Balaban J connectivity index is 1.58. The van der Waals surface area contributed by atoms with Gasteiger partial charge in [0.2, 0.25) is 5.91 Å². The van der Waals surface area contributed by atoms with Crippen molar-refractivity contribution >= 4 is 29.1 Å². The van der Waals surface area contributed by atoms with Crippen molar-refractivity contribution in [3.8, 4) is 0 Å². The average molecular weight is 330 g/mol. The van der Waals surface area contributed by atoms with Crippen LogP contribution >= 0.6 is 11.6 Å². The third-order valence-corrected chi connectivity index (χ3v) is 4.25. The fraction of sp³-hybridized carbons (Fsp3) is 0.222. The zero-order chi connectivity index (χ0) is 16.2. The number of amides is 2. The van der Waals surface area contributed by atoms with E-state index in [2.05, 4.69) is 0 Å². The van der Waals surface area contributed by atoms with Crippen LogP contribution < -0.4 is 10.2 Å². The van der Waals surface area contributed by atoms with Gasteiger partial charge in [-0.3, -0.25) is 9.59 Å². The molecule has 0 bridgehead atoms. The summed E-state index contributed by atoms with van der Waals surface area (Å²) in [6, 6.07) is 16.4. The molecule has 118 valence electrons. The van der Waals surface area contributed by atoms with Crippen molar-refractivity contribution in [2.24, 2.45) is 0 Å². The molecule has 1 atom stereocenters. The van der Waals surface area contributed by atoms with E-state index >= 15 is 0 Å². The van der Waals surface area contributed by atoms with Crippen molar-refractivity contribution in [3.63, 3.8) is 0 Å². The molecule has 0 radical (unpaired) electrons. The number of hydrogen-bond donors (Lipinski definition) is 1. The summed E-state index contributed by atoms with van der Waals surface area (Å²) in [6.07, 6.45) is 1.09. The summed E-state index contributed by atoms with van der Waals surface area (Å²) in [5, 5.41) is 2.67. The Morgan fingerprint density at radius 1 is 1.04 bits per heavy atom. The second-order valence-corrected chi connectivity index (χ2v) is 6.05. The van der Waals surface area contributed by atoms with Gasteiger partial charge in [0.1, 0.15) is 0 Å². The van der Waals surface area contributed by atoms with Gasteiger partial charge in [0.25, 0.3) is 5.91 Å². The van der Waals surface area contributed by atoms with Crippen molar-refractivity contribution in [1.29, 1.82) is 0 Å². The van der Waals surface area contributed by atoms with Crippen LogP contribution in [0, 0.1) is 0 Å². The number of para-hydroxylation sites is 1. The predicted octanol–water partition coefficient (Wildman–Crippen LogP) is 1.78. The lowest BCUT2D eigenvalue weighted by molar-refractivity contribution is -0.674. The number of anilines is 1. The van der Waals surface area contributed by atoms with Crippen LogP contribution in [-0.2, 0) is 16.0 Å². The first-order valence-electron chi connectivity index (χ1n) is 7.65. The van der Waals surface area contributed by atoms with Crippen molar-refractivity contribution in [3.05, 3.63) is 65.2 Å². The molecule has 1 heterocycles. The van der Waals surface area contributed by atoms with Gasteiger partial charge in [0.15, 0.2) is 6.04 Å². The molecule has 0 aromatic heterocycles. The van der Waals surface area contributed by atoms with E-state index in [1.54, 1.807) is 12.1 Å². The standard InChI is InChI=1S/C18H17ClN2O2/c19-14-8-6-13(7-9-14)10-11-20-16-12-17(22)21(18(16)23)15-4-2-1-3-5-15/h1-9,16,20H,10-12H2/p+1. The van der Waals surface area contributed by atoms with Crippen LogP contribution in [0.1, 0.15) is 12.0 Å². The van der Waals surface area contributed by atoms with Crippen LogP contribution in [0.4, 0.5) is 5.69 Å². The lowest BCUT2D eigenvalue weighted by atomic mass is 10.1. The molecule has 1 aliphatic heterocycles. The van der Waals surface area contributed by atoms with Crippen LogP contribution in [0.5, 0.6) is 0 Å². The fourth-order valence-electron chi connectivity index (χ4n) is 2.79. The van der Waals surface area contributed by atoms with Gasteiger partial charge in [0, 0.05) is 11.4 Å². The molecule has 3 rings (SSSR count). The monoisotopic (exact) mass is 329 g/mol. The maximum Gasteiger partial charge on any atom is 0.292 e. The minimum Gasteiger partial charge on any atom is -0.335 e. The number of nitrogens with zero attached hydrogens (tertiary/aromatic N) is 1. The first kappa shape index (κ1) is 15.7. The molecule has 2 N–H and O–H groups in total. The fourth-order valence-corrected chi connectivity index (χ4v) is 2.92. The highest BCUT2D eigenvalue weighted by Crippen LogP contribution is 2.20. The molecule has 5 heteroatoms. The van der Waals surface area contributed by atoms with E-state index in [4.69, 9.17) is 11.6 Å². The number of nitrogens with two attached hydrogens (primary N) is 1. The van der Waals surface area contributed by atoms with E-state index in [1.807, 2.05) is 47.8 Å². The van der Waals surface area contributed by atoms with Gasteiger partial charge in [-0.2, -0.15) is 0 Å². The quantitative estimate of drug-likeness (QED) is 0.850. The number of quaternary nitrogens is 1. The summed E-state index contributed by atoms with van der Waals surface area (Å²) in [5.41, 5.74) is 1.82. The maximum atomic E-state index is 12.5. The van der Waals surface area contributed by atoms with E-state index in [0.717, 1.165) is 13.0 Å². The molecule has 1 unspecified atom stereocenters. The zero-order valence-electron chi connectivity index (χ0n) is 12.6. The van der Waals surface area contributed by atoms with Crippen LogP contribution in [0.3, 0.4) is 0 Å².